The number of morpholine rings is 1. The third-order valence-electron chi connectivity index (χ3n) is 3.20. The van der Waals surface area contributed by atoms with Gasteiger partial charge in [0.2, 0.25) is 17.8 Å². The zero-order valence-corrected chi connectivity index (χ0v) is 14.2. The van der Waals surface area contributed by atoms with E-state index in [4.69, 9.17) is 16.2 Å². The molecule has 2 rings (SSSR count). The van der Waals surface area contributed by atoms with E-state index in [0.29, 0.717) is 11.9 Å². The van der Waals surface area contributed by atoms with E-state index >= 15 is 0 Å². The molecule has 0 atom stereocenters. The molecule has 0 spiro atoms. The lowest BCUT2D eigenvalue weighted by Crippen LogP contribution is -2.37. The van der Waals surface area contributed by atoms with E-state index in [1.165, 1.54) is 0 Å². The highest BCUT2D eigenvalue weighted by Crippen LogP contribution is 2.06. The van der Waals surface area contributed by atoms with Crippen LogP contribution in [0.1, 0.15) is 19.8 Å². The molecule has 1 saturated heterocycles. The van der Waals surface area contributed by atoms with Crippen LogP contribution in [0.15, 0.2) is 0 Å². The molecular weight excluding hydrogens is 296 g/mol. The molecule has 0 saturated carbocycles. The second kappa shape index (κ2) is 11.8. The quantitative estimate of drug-likeness (QED) is 0.511. The summed E-state index contributed by atoms with van der Waals surface area (Å²) in [5.41, 5.74) is 10.6. The van der Waals surface area contributed by atoms with Crippen molar-refractivity contribution in [3.8, 4) is 0 Å². The summed E-state index contributed by atoms with van der Waals surface area (Å²) in [6.07, 6.45) is 2.13. The van der Waals surface area contributed by atoms with Crippen molar-refractivity contribution in [2.45, 2.75) is 19.8 Å². The summed E-state index contributed by atoms with van der Waals surface area (Å²) in [4.78, 5) is 14.5. The van der Waals surface area contributed by atoms with Crippen molar-refractivity contribution in [1.29, 1.82) is 0 Å². The molecule has 1 aromatic rings. The molecular formula is C14H30N8O. The van der Waals surface area contributed by atoms with Gasteiger partial charge in [-0.15, -0.1) is 0 Å². The van der Waals surface area contributed by atoms with Gasteiger partial charge in [0, 0.05) is 26.7 Å². The number of hydrogen-bond acceptors (Lipinski definition) is 9. The molecule has 9 nitrogen and oxygen atoms in total. The van der Waals surface area contributed by atoms with Crippen LogP contribution in [-0.4, -0.2) is 72.8 Å². The molecule has 0 aromatic carbocycles. The minimum atomic E-state index is 0.218. The normalized spacial score (nSPS) is 14.7. The van der Waals surface area contributed by atoms with Gasteiger partial charge < -0.3 is 26.8 Å². The minimum absolute atomic E-state index is 0.218. The molecule has 0 aliphatic carbocycles. The summed E-state index contributed by atoms with van der Waals surface area (Å²) in [7, 11) is 1.75. The molecule has 0 bridgehead atoms. The van der Waals surface area contributed by atoms with Crippen LogP contribution in [-0.2, 0) is 4.74 Å². The highest BCUT2D eigenvalue weighted by atomic mass is 16.5. The molecule has 0 unspecified atom stereocenters. The zero-order valence-electron chi connectivity index (χ0n) is 14.2. The van der Waals surface area contributed by atoms with E-state index in [2.05, 4.69) is 37.4 Å². The van der Waals surface area contributed by atoms with Crippen molar-refractivity contribution < 1.29 is 4.74 Å². The highest BCUT2D eigenvalue weighted by molar-refractivity contribution is 5.39. The number of nitrogen functional groups attached to an aromatic ring is 1. The second-order valence-corrected chi connectivity index (χ2v) is 5.11. The minimum Gasteiger partial charge on any atom is -0.379 e. The SMILES string of the molecule is CCCN.CNc1nc(N)nc(NCCCN2CCOCC2)n1. The average Bonchev–Trinajstić information content (AvgIpc) is 2.59. The average molecular weight is 326 g/mol. The summed E-state index contributed by atoms with van der Waals surface area (Å²) in [6.45, 7) is 8.44. The van der Waals surface area contributed by atoms with Gasteiger partial charge in [-0.1, -0.05) is 6.92 Å². The van der Waals surface area contributed by atoms with E-state index in [9.17, 15) is 0 Å². The van der Waals surface area contributed by atoms with Gasteiger partial charge in [-0.25, -0.2) is 0 Å². The van der Waals surface area contributed by atoms with Crippen molar-refractivity contribution >= 4 is 17.8 Å². The van der Waals surface area contributed by atoms with Gasteiger partial charge in [0.25, 0.3) is 0 Å². The van der Waals surface area contributed by atoms with Crippen LogP contribution < -0.4 is 22.1 Å². The fraction of sp³-hybridized carbons (Fsp3) is 0.786. The van der Waals surface area contributed by atoms with Crippen molar-refractivity contribution in [3.63, 3.8) is 0 Å². The smallest absolute Gasteiger partial charge is 0.229 e. The second-order valence-electron chi connectivity index (χ2n) is 5.11. The van der Waals surface area contributed by atoms with E-state index in [1.54, 1.807) is 7.05 Å². The summed E-state index contributed by atoms with van der Waals surface area (Å²) < 4.78 is 5.31. The molecule has 6 N–H and O–H groups in total. The Morgan fingerprint density at radius 2 is 1.83 bits per heavy atom. The molecule has 23 heavy (non-hydrogen) atoms. The summed E-state index contributed by atoms with van der Waals surface area (Å²) in [5.74, 6) is 1.21. The number of ether oxygens (including phenoxy) is 1. The fourth-order valence-corrected chi connectivity index (χ4v) is 1.91. The Bertz CT molecular complexity index is 423. The largest absolute Gasteiger partial charge is 0.379 e. The third-order valence-corrected chi connectivity index (χ3v) is 3.20. The predicted octanol–water partition coefficient (Wildman–Crippen LogP) is -0.0152. The number of nitrogens with zero attached hydrogens (tertiary/aromatic N) is 4. The Kier molecular flexibility index (Phi) is 9.92. The Labute approximate surface area is 138 Å². The van der Waals surface area contributed by atoms with Gasteiger partial charge in [0.1, 0.15) is 0 Å². The Balaban J connectivity index is 0.000000593. The van der Waals surface area contributed by atoms with Crippen LogP contribution in [0.4, 0.5) is 17.8 Å². The van der Waals surface area contributed by atoms with Crippen LogP contribution in [0.25, 0.3) is 0 Å². The van der Waals surface area contributed by atoms with Crippen molar-refractivity contribution in [2.24, 2.45) is 5.73 Å². The van der Waals surface area contributed by atoms with Crippen LogP contribution in [0.5, 0.6) is 0 Å². The Hall–Kier alpha value is -1.71. The lowest BCUT2D eigenvalue weighted by atomic mass is 10.3. The number of nitrogens with one attached hydrogen (secondary N) is 2. The first-order valence-corrected chi connectivity index (χ1v) is 8.13. The maximum Gasteiger partial charge on any atom is 0.229 e. The Morgan fingerprint density at radius 1 is 1.17 bits per heavy atom. The fourth-order valence-electron chi connectivity index (χ4n) is 1.91. The standard InChI is InChI=1S/C11H21N7O.C3H9N/c1-13-10-15-9(12)16-11(17-10)14-3-2-4-18-5-7-19-8-6-18;1-2-3-4/h2-8H2,1H3,(H4,12,13,14,15,16,17);2-4H2,1H3. The van der Waals surface area contributed by atoms with Gasteiger partial charge in [-0.3, -0.25) is 4.90 Å². The molecule has 1 aliphatic heterocycles. The van der Waals surface area contributed by atoms with Gasteiger partial charge in [0.05, 0.1) is 13.2 Å². The van der Waals surface area contributed by atoms with Crippen LogP contribution >= 0.6 is 0 Å². The Morgan fingerprint density at radius 3 is 2.43 bits per heavy atom. The molecule has 9 heteroatoms. The molecule has 132 valence electrons. The van der Waals surface area contributed by atoms with Crippen molar-refractivity contribution in [2.75, 3.05) is 69.4 Å². The molecule has 0 radical (unpaired) electrons. The lowest BCUT2D eigenvalue weighted by Gasteiger charge is -2.26. The van der Waals surface area contributed by atoms with Crippen LogP contribution in [0.2, 0.25) is 0 Å². The topological polar surface area (TPSA) is 127 Å². The van der Waals surface area contributed by atoms with Gasteiger partial charge in [-0.2, -0.15) is 15.0 Å². The van der Waals surface area contributed by atoms with Gasteiger partial charge in [0.15, 0.2) is 0 Å². The number of rotatable bonds is 7. The molecule has 0 amide bonds. The number of hydrogen-bond donors (Lipinski definition) is 4. The maximum absolute atomic E-state index is 5.59. The van der Waals surface area contributed by atoms with Crippen molar-refractivity contribution in [1.82, 2.24) is 19.9 Å². The van der Waals surface area contributed by atoms with Crippen molar-refractivity contribution in [3.05, 3.63) is 0 Å². The van der Waals surface area contributed by atoms with Gasteiger partial charge >= 0.3 is 0 Å². The molecule has 1 fully saturated rings. The van der Waals surface area contributed by atoms with E-state index < -0.39 is 0 Å². The van der Waals surface area contributed by atoms with E-state index in [-0.39, 0.29) is 5.95 Å². The first kappa shape index (κ1) is 19.3. The highest BCUT2D eigenvalue weighted by Gasteiger charge is 2.09. The number of anilines is 3. The molecule has 2 heterocycles. The third kappa shape index (κ3) is 8.48. The summed E-state index contributed by atoms with van der Waals surface area (Å²) in [6, 6.07) is 0. The summed E-state index contributed by atoms with van der Waals surface area (Å²) >= 11 is 0. The predicted molar refractivity (Wildman–Crippen MR) is 93.5 cm³/mol. The van der Waals surface area contributed by atoms with E-state index in [0.717, 1.165) is 58.8 Å². The molecule has 1 aromatic heterocycles. The van der Waals surface area contributed by atoms with E-state index in [1.807, 2.05) is 0 Å². The zero-order chi connectivity index (χ0) is 16.9. The lowest BCUT2D eigenvalue weighted by molar-refractivity contribution is 0.0378. The number of nitrogens with two attached hydrogens (primary N) is 2. The monoisotopic (exact) mass is 326 g/mol. The maximum atomic E-state index is 5.59. The summed E-state index contributed by atoms with van der Waals surface area (Å²) in [5, 5.41) is 6.01. The van der Waals surface area contributed by atoms with Crippen LogP contribution in [0.3, 0.4) is 0 Å². The first-order chi connectivity index (χ1) is 11.2. The van der Waals surface area contributed by atoms with Crippen LogP contribution in [0, 0.1) is 0 Å². The number of aromatic nitrogens is 3. The first-order valence-electron chi connectivity index (χ1n) is 8.13. The molecule has 1 aliphatic rings. The van der Waals surface area contributed by atoms with Gasteiger partial charge in [-0.05, 0) is 25.9 Å².